The van der Waals surface area contributed by atoms with Crippen LogP contribution in [0.4, 0.5) is 10.6 Å². The van der Waals surface area contributed by atoms with Crippen LogP contribution in [0.25, 0.3) is 0 Å². The molecule has 1 aromatic heterocycles. The average molecular weight is 495 g/mol. The Morgan fingerprint density at radius 3 is 2.50 bits per heavy atom. The molecular formula is C23H34N4O6S. The van der Waals surface area contributed by atoms with Crippen LogP contribution in [0, 0.1) is 5.92 Å². The summed E-state index contributed by atoms with van der Waals surface area (Å²) in [6.07, 6.45) is 5.50. The third kappa shape index (κ3) is 5.99. The largest absolute Gasteiger partial charge is 0.492 e. The number of hydrogen-bond donors (Lipinski definition) is 0. The van der Waals surface area contributed by atoms with E-state index in [1.165, 1.54) is 9.21 Å². The molecule has 188 valence electrons. The summed E-state index contributed by atoms with van der Waals surface area (Å²) in [7, 11) is -3.39. The van der Waals surface area contributed by atoms with Gasteiger partial charge in [0.25, 0.3) is 0 Å². The number of aromatic nitrogens is 1. The van der Waals surface area contributed by atoms with Gasteiger partial charge in [-0.15, -0.1) is 0 Å². The first-order chi connectivity index (χ1) is 16.2. The van der Waals surface area contributed by atoms with Crippen LogP contribution >= 0.6 is 0 Å². The lowest BCUT2D eigenvalue weighted by Gasteiger charge is -2.33. The zero-order valence-electron chi connectivity index (χ0n) is 19.9. The number of likely N-dealkylation sites (tertiary alicyclic amines) is 1. The number of amides is 2. The number of piperidine rings is 1. The minimum atomic E-state index is -3.39. The van der Waals surface area contributed by atoms with Crippen LogP contribution < -0.4 is 9.64 Å². The Balaban J connectivity index is 1.22. The maximum absolute atomic E-state index is 12.5. The van der Waals surface area contributed by atoms with Crippen molar-refractivity contribution in [3.05, 3.63) is 18.3 Å². The number of carbonyl (C=O) groups is 2. The van der Waals surface area contributed by atoms with Gasteiger partial charge in [0.05, 0.1) is 25.1 Å². The maximum Gasteiger partial charge on any atom is 0.410 e. The maximum atomic E-state index is 12.5. The molecule has 2 amide bonds. The lowest BCUT2D eigenvalue weighted by Crippen LogP contribution is -2.53. The lowest BCUT2D eigenvalue weighted by molar-refractivity contribution is -0.120. The van der Waals surface area contributed by atoms with E-state index in [4.69, 9.17) is 9.47 Å². The molecule has 0 radical (unpaired) electrons. The molecule has 3 fully saturated rings. The predicted molar refractivity (Wildman–Crippen MR) is 126 cm³/mol. The van der Waals surface area contributed by atoms with E-state index in [-0.39, 0.29) is 43.0 Å². The van der Waals surface area contributed by atoms with Crippen molar-refractivity contribution in [2.75, 3.05) is 50.0 Å². The first kappa shape index (κ1) is 24.7. The fraction of sp³-hybridized carbons (Fsp3) is 0.696. The molecule has 1 aromatic rings. The van der Waals surface area contributed by atoms with Gasteiger partial charge in [0.1, 0.15) is 17.2 Å². The fourth-order valence-electron chi connectivity index (χ4n) is 4.19. The number of ether oxygens (including phenoxy) is 2. The van der Waals surface area contributed by atoms with E-state index in [0.717, 1.165) is 25.7 Å². The second-order valence-electron chi connectivity index (χ2n) is 9.61. The molecule has 4 rings (SSSR count). The zero-order chi connectivity index (χ0) is 24.3. The first-order valence-electron chi connectivity index (χ1n) is 12.0. The van der Waals surface area contributed by atoms with Crippen molar-refractivity contribution in [2.24, 2.45) is 5.92 Å². The number of rotatable bonds is 8. The molecule has 0 bridgehead atoms. The number of carbonyl (C=O) groups excluding carboxylic acids is 2. The highest BCUT2D eigenvalue weighted by Crippen LogP contribution is 2.39. The van der Waals surface area contributed by atoms with Gasteiger partial charge in [-0.05, 0) is 57.1 Å². The summed E-state index contributed by atoms with van der Waals surface area (Å²) in [5.74, 6) is 1.21. The van der Waals surface area contributed by atoms with Gasteiger partial charge in [0, 0.05) is 26.2 Å². The number of piperazine rings is 1. The van der Waals surface area contributed by atoms with E-state index in [1.54, 1.807) is 30.2 Å². The van der Waals surface area contributed by atoms with E-state index in [2.05, 4.69) is 4.98 Å². The van der Waals surface area contributed by atoms with E-state index in [1.807, 2.05) is 6.92 Å². The predicted octanol–water partition coefficient (Wildman–Crippen LogP) is 2.25. The number of hydrogen-bond acceptors (Lipinski definition) is 7. The third-order valence-corrected chi connectivity index (χ3v) is 8.71. The van der Waals surface area contributed by atoms with Crippen LogP contribution in [0.3, 0.4) is 0 Å². The monoisotopic (exact) mass is 494 g/mol. The molecule has 3 aliphatic rings. The van der Waals surface area contributed by atoms with Gasteiger partial charge in [0.2, 0.25) is 15.9 Å². The Morgan fingerprint density at radius 2 is 1.91 bits per heavy atom. The summed E-state index contributed by atoms with van der Waals surface area (Å²) in [5, 5.41) is 0. The number of anilines is 1. The van der Waals surface area contributed by atoms with E-state index in [9.17, 15) is 18.0 Å². The van der Waals surface area contributed by atoms with E-state index < -0.39 is 10.0 Å². The second-order valence-corrected chi connectivity index (χ2v) is 11.7. The highest BCUT2D eigenvalue weighted by molar-refractivity contribution is 7.89. The number of pyridine rings is 1. The van der Waals surface area contributed by atoms with E-state index in [0.29, 0.717) is 43.6 Å². The number of nitrogens with zero attached hydrogens (tertiary/aromatic N) is 4. The SMILES string of the molecule is CCCS(=O)(=O)N1CCN(c2ccc(OCC3CCN(C(=O)OC4(C)CC4)CC3)cn2)C(=O)C1. The van der Waals surface area contributed by atoms with Crippen LogP contribution in [0.2, 0.25) is 0 Å². The van der Waals surface area contributed by atoms with Gasteiger partial charge in [-0.1, -0.05) is 6.92 Å². The summed E-state index contributed by atoms with van der Waals surface area (Å²) in [6.45, 7) is 6.03. The van der Waals surface area contributed by atoms with Gasteiger partial charge in [-0.25, -0.2) is 18.2 Å². The van der Waals surface area contributed by atoms with Crippen LogP contribution in [-0.2, 0) is 19.6 Å². The minimum absolute atomic E-state index is 0.0487. The molecule has 0 N–H and O–H groups in total. The molecule has 1 aliphatic carbocycles. The molecule has 0 unspecified atom stereocenters. The molecule has 0 atom stereocenters. The Labute approximate surface area is 201 Å². The topological polar surface area (TPSA) is 109 Å². The zero-order valence-corrected chi connectivity index (χ0v) is 20.8. The summed E-state index contributed by atoms with van der Waals surface area (Å²) in [6, 6.07) is 3.50. The Morgan fingerprint density at radius 1 is 1.18 bits per heavy atom. The van der Waals surface area contributed by atoms with Crippen LogP contribution in [0.1, 0.15) is 46.0 Å². The van der Waals surface area contributed by atoms with Gasteiger partial charge in [-0.2, -0.15) is 4.31 Å². The van der Waals surface area contributed by atoms with Crippen molar-refractivity contribution in [3.8, 4) is 5.75 Å². The highest BCUT2D eigenvalue weighted by Gasteiger charge is 2.43. The van der Waals surface area contributed by atoms with Crippen LogP contribution in [0.5, 0.6) is 5.75 Å². The average Bonchev–Trinajstić information content (AvgIpc) is 3.54. The van der Waals surface area contributed by atoms with E-state index >= 15 is 0 Å². The second kappa shape index (κ2) is 10.1. The van der Waals surface area contributed by atoms with Crippen molar-refractivity contribution < 1.29 is 27.5 Å². The first-order valence-corrected chi connectivity index (χ1v) is 13.6. The molecule has 0 spiro atoms. The summed E-state index contributed by atoms with van der Waals surface area (Å²) in [4.78, 5) is 32.4. The van der Waals surface area contributed by atoms with Gasteiger partial charge in [-0.3, -0.25) is 9.69 Å². The molecule has 2 aliphatic heterocycles. The molecule has 11 heteroatoms. The molecule has 0 aromatic carbocycles. The van der Waals surface area contributed by atoms with Crippen molar-refractivity contribution in [1.82, 2.24) is 14.2 Å². The van der Waals surface area contributed by atoms with Crippen molar-refractivity contribution in [3.63, 3.8) is 0 Å². The summed E-state index contributed by atoms with van der Waals surface area (Å²) >= 11 is 0. The third-order valence-electron chi connectivity index (χ3n) is 6.68. The standard InChI is InChI=1S/C23H34N4O6S/c1-3-14-34(30,31)26-12-13-27(21(28)16-26)20-5-4-19(15-24-20)32-17-18-6-10-25(11-7-18)22(29)33-23(2)8-9-23/h4-5,15,18H,3,6-14,16-17H2,1-2H3. The molecular weight excluding hydrogens is 460 g/mol. The fourth-order valence-corrected chi connectivity index (χ4v) is 5.63. The lowest BCUT2D eigenvalue weighted by atomic mass is 9.98. The Bertz CT molecular complexity index is 987. The molecule has 10 nitrogen and oxygen atoms in total. The van der Waals surface area contributed by atoms with Gasteiger partial charge < -0.3 is 14.4 Å². The molecule has 34 heavy (non-hydrogen) atoms. The molecule has 2 saturated heterocycles. The normalized spacial score (nSPS) is 21.4. The molecule has 1 saturated carbocycles. The summed E-state index contributed by atoms with van der Waals surface area (Å²) in [5.41, 5.74) is -0.249. The van der Waals surface area contributed by atoms with Crippen LogP contribution in [0.15, 0.2) is 18.3 Å². The Kier molecular flexibility index (Phi) is 7.32. The quantitative estimate of drug-likeness (QED) is 0.545. The van der Waals surface area contributed by atoms with Crippen molar-refractivity contribution in [2.45, 2.75) is 51.6 Å². The van der Waals surface area contributed by atoms with Crippen LogP contribution in [-0.4, -0.2) is 85.3 Å². The smallest absolute Gasteiger partial charge is 0.410 e. The highest BCUT2D eigenvalue weighted by atomic mass is 32.2. The minimum Gasteiger partial charge on any atom is -0.492 e. The van der Waals surface area contributed by atoms with Gasteiger partial charge in [0.15, 0.2) is 0 Å². The summed E-state index contributed by atoms with van der Waals surface area (Å²) < 4.78 is 37.2. The molecule has 3 heterocycles. The van der Waals surface area contributed by atoms with Gasteiger partial charge >= 0.3 is 6.09 Å². The number of sulfonamides is 1. The van der Waals surface area contributed by atoms with Crippen molar-refractivity contribution in [1.29, 1.82) is 0 Å². The Hall–Kier alpha value is -2.40. The van der Waals surface area contributed by atoms with Crippen molar-refractivity contribution >= 4 is 27.8 Å².